The molecule has 5 nitrogen and oxygen atoms in total. The Morgan fingerprint density at radius 2 is 2.14 bits per heavy atom. The van der Waals surface area contributed by atoms with Gasteiger partial charge in [-0.2, -0.15) is 0 Å². The first-order chi connectivity index (χ1) is 10.6. The Hall–Kier alpha value is -1.26. The maximum Gasteiger partial charge on any atom is 0.222 e. The predicted octanol–water partition coefficient (Wildman–Crippen LogP) is 2.38. The minimum absolute atomic E-state index is 0.248. The Kier molecular flexibility index (Phi) is 8.94. The van der Waals surface area contributed by atoms with Crippen LogP contribution in [0.5, 0.6) is 0 Å². The van der Waals surface area contributed by atoms with Crippen LogP contribution in [0.4, 0.5) is 0 Å². The molecule has 0 aliphatic carbocycles. The Labute approximate surface area is 135 Å². The van der Waals surface area contributed by atoms with Crippen molar-refractivity contribution in [3.63, 3.8) is 0 Å². The van der Waals surface area contributed by atoms with Gasteiger partial charge >= 0.3 is 0 Å². The lowest BCUT2D eigenvalue weighted by molar-refractivity contribution is -0.129. The van der Waals surface area contributed by atoms with E-state index in [-0.39, 0.29) is 5.91 Å². The monoisotopic (exact) mass is 310 g/mol. The van der Waals surface area contributed by atoms with Gasteiger partial charge in [0.1, 0.15) is 0 Å². The van der Waals surface area contributed by atoms with Gasteiger partial charge in [0.2, 0.25) is 5.91 Å². The van der Waals surface area contributed by atoms with Crippen molar-refractivity contribution < 1.29 is 4.79 Å². The van der Waals surface area contributed by atoms with E-state index in [9.17, 15) is 4.79 Å². The molecule has 1 fully saturated rings. The first-order valence-corrected chi connectivity index (χ1v) is 8.89. The number of aliphatic imine (C=N–C) groups is 1. The maximum atomic E-state index is 11.7. The van der Waals surface area contributed by atoms with E-state index >= 15 is 0 Å². The number of carbonyl (C=O) groups is 1. The highest BCUT2D eigenvalue weighted by Crippen LogP contribution is 2.12. The molecule has 0 saturated carbocycles. The second-order valence-corrected chi connectivity index (χ2v) is 6.19. The Bertz CT molecular complexity index is 357. The first-order valence-electron chi connectivity index (χ1n) is 8.89. The van der Waals surface area contributed by atoms with Crippen LogP contribution >= 0.6 is 0 Å². The van der Waals surface area contributed by atoms with E-state index < -0.39 is 0 Å². The van der Waals surface area contributed by atoms with Gasteiger partial charge in [0, 0.05) is 39.1 Å². The minimum Gasteiger partial charge on any atom is -0.356 e. The Morgan fingerprint density at radius 1 is 1.36 bits per heavy atom. The Morgan fingerprint density at radius 3 is 2.73 bits per heavy atom. The van der Waals surface area contributed by atoms with Crippen LogP contribution < -0.4 is 10.6 Å². The molecule has 2 unspecified atom stereocenters. The summed E-state index contributed by atoms with van der Waals surface area (Å²) in [5.41, 5.74) is 0. The first kappa shape index (κ1) is 18.8. The molecule has 1 aliphatic heterocycles. The summed E-state index contributed by atoms with van der Waals surface area (Å²) in [4.78, 5) is 18.0. The van der Waals surface area contributed by atoms with E-state index in [0.717, 1.165) is 32.0 Å². The van der Waals surface area contributed by atoms with Gasteiger partial charge < -0.3 is 15.5 Å². The number of nitrogens with one attached hydrogen (secondary N) is 2. The van der Waals surface area contributed by atoms with Crippen LogP contribution in [0.25, 0.3) is 0 Å². The highest BCUT2D eigenvalue weighted by Gasteiger charge is 2.25. The molecule has 2 atom stereocenters. The zero-order valence-electron chi connectivity index (χ0n) is 14.8. The van der Waals surface area contributed by atoms with E-state index in [2.05, 4.69) is 29.5 Å². The number of guanidine groups is 1. The molecule has 1 heterocycles. The van der Waals surface area contributed by atoms with E-state index in [0.29, 0.717) is 18.4 Å². The highest BCUT2D eigenvalue weighted by molar-refractivity contribution is 5.80. The number of amides is 1. The fourth-order valence-corrected chi connectivity index (χ4v) is 2.90. The van der Waals surface area contributed by atoms with Crippen LogP contribution in [-0.4, -0.2) is 49.5 Å². The second kappa shape index (κ2) is 10.5. The average molecular weight is 310 g/mol. The summed E-state index contributed by atoms with van der Waals surface area (Å²) in [5, 5.41) is 6.90. The molecule has 0 bridgehead atoms. The van der Waals surface area contributed by atoms with Gasteiger partial charge in [0.25, 0.3) is 0 Å². The van der Waals surface area contributed by atoms with Crippen LogP contribution in [0.15, 0.2) is 4.99 Å². The molecule has 5 heteroatoms. The molecule has 128 valence electrons. The lowest BCUT2D eigenvalue weighted by atomic mass is 9.99. The number of nitrogens with zero attached hydrogens (tertiary/aromatic N) is 2. The van der Waals surface area contributed by atoms with E-state index in [1.54, 1.807) is 0 Å². The van der Waals surface area contributed by atoms with Gasteiger partial charge in [-0.1, -0.05) is 40.0 Å². The fourth-order valence-electron chi connectivity index (χ4n) is 2.90. The number of hydrogen-bond acceptors (Lipinski definition) is 2. The lowest BCUT2D eigenvalue weighted by Crippen LogP contribution is -2.46. The molecule has 0 aromatic heterocycles. The summed E-state index contributed by atoms with van der Waals surface area (Å²) in [6, 6.07) is 0.317. The number of unbranched alkanes of at least 4 members (excludes halogenated alkanes) is 1. The summed E-state index contributed by atoms with van der Waals surface area (Å²) in [5.74, 6) is 1.82. The SMILES string of the molecule is CCCCC(CC)CNC(=NC)NC1CCN(C(=O)CC)C1. The molecule has 0 aromatic rings. The van der Waals surface area contributed by atoms with Crippen LogP contribution in [0.3, 0.4) is 0 Å². The van der Waals surface area contributed by atoms with Crippen molar-refractivity contribution in [3.05, 3.63) is 0 Å². The van der Waals surface area contributed by atoms with Crippen molar-refractivity contribution in [2.75, 3.05) is 26.7 Å². The third kappa shape index (κ3) is 6.24. The lowest BCUT2D eigenvalue weighted by Gasteiger charge is -2.21. The summed E-state index contributed by atoms with van der Waals surface area (Å²) in [6.07, 6.45) is 6.62. The third-order valence-electron chi connectivity index (χ3n) is 4.51. The minimum atomic E-state index is 0.248. The van der Waals surface area contributed by atoms with Crippen LogP contribution in [0, 0.1) is 5.92 Å². The zero-order chi connectivity index (χ0) is 16.4. The van der Waals surface area contributed by atoms with Gasteiger partial charge in [0.05, 0.1) is 0 Å². The van der Waals surface area contributed by atoms with Gasteiger partial charge in [-0.15, -0.1) is 0 Å². The van der Waals surface area contributed by atoms with Crippen molar-refractivity contribution in [1.82, 2.24) is 15.5 Å². The van der Waals surface area contributed by atoms with Gasteiger partial charge in [-0.25, -0.2) is 0 Å². The van der Waals surface area contributed by atoms with Crippen molar-refractivity contribution in [2.45, 2.75) is 65.3 Å². The number of carbonyl (C=O) groups excluding carboxylic acids is 1. The number of hydrogen-bond donors (Lipinski definition) is 2. The molecule has 1 aliphatic rings. The number of rotatable bonds is 8. The fraction of sp³-hybridized carbons (Fsp3) is 0.882. The molecular formula is C17H34N4O. The summed E-state index contributed by atoms with van der Waals surface area (Å²) < 4.78 is 0. The summed E-state index contributed by atoms with van der Waals surface area (Å²) in [7, 11) is 1.81. The molecule has 1 amide bonds. The van der Waals surface area contributed by atoms with Crippen molar-refractivity contribution in [2.24, 2.45) is 10.9 Å². The molecule has 0 aromatic carbocycles. The van der Waals surface area contributed by atoms with Crippen molar-refractivity contribution >= 4 is 11.9 Å². The maximum absolute atomic E-state index is 11.7. The molecule has 1 rings (SSSR count). The topological polar surface area (TPSA) is 56.7 Å². The third-order valence-corrected chi connectivity index (χ3v) is 4.51. The van der Waals surface area contributed by atoms with Crippen LogP contribution in [0.1, 0.15) is 59.3 Å². The van der Waals surface area contributed by atoms with E-state index in [1.807, 2.05) is 18.9 Å². The summed E-state index contributed by atoms with van der Waals surface area (Å²) in [6.45, 7) is 9.04. The standard InChI is InChI=1S/C17H34N4O/c1-5-8-9-14(6-2)12-19-17(18-4)20-15-10-11-21(13-15)16(22)7-3/h14-15H,5-13H2,1-4H3,(H2,18,19,20). The number of likely N-dealkylation sites (tertiary alicyclic amines) is 1. The molecular weight excluding hydrogens is 276 g/mol. The Balaban J connectivity index is 2.35. The van der Waals surface area contributed by atoms with Crippen molar-refractivity contribution in [3.8, 4) is 0 Å². The smallest absolute Gasteiger partial charge is 0.222 e. The molecule has 22 heavy (non-hydrogen) atoms. The highest BCUT2D eigenvalue weighted by atomic mass is 16.2. The van der Waals surface area contributed by atoms with E-state index in [1.165, 1.54) is 25.7 Å². The molecule has 0 spiro atoms. The molecule has 1 saturated heterocycles. The van der Waals surface area contributed by atoms with Crippen molar-refractivity contribution in [1.29, 1.82) is 0 Å². The van der Waals surface area contributed by atoms with Gasteiger partial charge in [-0.05, 0) is 18.8 Å². The normalized spacial score (nSPS) is 20.1. The quantitative estimate of drug-likeness (QED) is 0.534. The van der Waals surface area contributed by atoms with E-state index in [4.69, 9.17) is 0 Å². The average Bonchev–Trinajstić information content (AvgIpc) is 3.01. The molecule has 2 N–H and O–H groups in total. The van der Waals surface area contributed by atoms with Crippen LogP contribution in [0.2, 0.25) is 0 Å². The van der Waals surface area contributed by atoms with Gasteiger partial charge in [0.15, 0.2) is 5.96 Å². The second-order valence-electron chi connectivity index (χ2n) is 6.19. The molecule has 0 radical (unpaired) electrons. The zero-order valence-corrected chi connectivity index (χ0v) is 14.8. The van der Waals surface area contributed by atoms with Crippen LogP contribution in [-0.2, 0) is 4.79 Å². The summed E-state index contributed by atoms with van der Waals surface area (Å²) >= 11 is 0. The predicted molar refractivity (Wildman–Crippen MR) is 93.1 cm³/mol. The largest absolute Gasteiger partial charge is 0.356 e. The van der Waals surface area contributed by atoms with Gasteiger partial charge in [-0.3, -0.25) is 9.79 Å².